The van der Waals surface area contributed by atoms with Crippen molar-refractivity contribution in [3.63, 3.8) is 0 Å². The Labute approximate surface area is 151 Å². The zero-order valence-electron chi connectivity index (χ0n) is 16.1. The van der Waals surface area contributed by atoms with Gasteiger partial charge >= 0.3 is 0 Å². The number of amides is 1. The number of aryl methyl sites for hydroxylation is 1. The van der Waals surface area contributed by atoms with Crippen LogP contribution in [0.2, 0.25) is 0 Å². The van der Waals surface area contributed by atoms with Gasteiger partial charge in [0.1, 0.15) is 0 Å². The average Bonchev–Trinajstić information content (AvgIpc) is 2.55. The summed E-state index contributed by atoms with van der Waals surface area (Å²) in [4.78, 5) is 16.5. The average molecular weight is 344 g/mol. The molecule has 25 heavy (non-hydrogen) atoms. The number of hydrogen-bond donors (Lipinski definition) is 1. The number of carbonyl (C=O) groups is 1. The van der Waals surface area contributed by atoms with Crippen molar-refractivity contribution in [2.45, 2.75) is 65.1 Å². The van der Waals surface area contributed by atoms with Gasteiger partial charge in [-0.25, -0.2) is 0 Å². The normalized spacial score (nSPS) is 26.0. The number of rotatable bonds is 2. The van der Waals surface area contributed by atoms with Crippen LogP contribution in [0.4, 0.5) is 0 Å². The van der Waals surface area contributed by atoms with Gasteiger partial charge in [0.2, 0.25) is 5.91 Å². The van der Waals surface area contributed by atoms with Gasteiger partial charge in [0, 0.05) is 20.0 Å². The summed E-state index contributed by atoms with van der Waals surface area (Å²) in [5, 5.41) is 10.7. The van der Waals surface area contributed by atoms with Crippen molar-refractivity contribution in [1.29, 1.82) is 0 Å². The first-order chi connectivity index (χ1) is 11.7. The van der Waals surface area contributed by atoms with Gasteiger partial charge in [0.05, 0.1) is 11.6 Å². The molecule has 0 aromatic heterocycles. The number of hydrogen-bond acceptors (Lipinski definition) is 3. The molecule has 0 radical (unpaired) electrons. The van der Waals surface area contributed by atoms with Crippen molar-refractivity contribution in [2.24, 2.45) is 5.41 Å². The van der Waals surface area contributed by atoms with Gasteiger partial charge in [-0.15, -0.1) is 0 Å². The zero-order valence-corrected chi connectivity index (χ0v) is 16.1. The van der Waals surface area contributed by atoms with Gasteiger partial charge in [0.15, 0.2) is 0 Å². The predicted molar refractivity (Wildman–Crippen MR) is 100 cm³/mol. The quantitative estimate of drug-likeness (QED) is 0.897. The van der Waals surface area contributed by atoms with Crippen LogP contribution in [-0.4, -0.2) is 52.1 Å². The van der Waals surface area contributed by atoms with Crippen molar-refractivity contribution in [1.82, 2.24) is 9.80 Å². The Morgan fingerprint density at radius 1 is 1.20 bits per heavy atom. The summed E-state index contributed by atoms with van der Waals surface area (Å²) in [6.07, 6.45) is 2.46. The monoisotopic (exact) mass is 344 g/mol. The molecule has 0 bridgehead atoms. The highest BCUT2D eigenvalue weighted by atomic mass is 16.3. The van der Waals surface area contributed by atoms with E-state index in [0.29, 0.717) is 0 Å². The Morgan fingerprint density at radius 2 is 1.80 bits per heavy atom. The van der Waals surface area contributed by atoms with E-state index in [9.17, 15) is 9.90 Å². The SMILES string of the molecule is CC(=O)N1CC2(CCN(Cc3ccc(C)cc3)CC2)C[C@@H](O)C1(C)C. The number of aliphatic hydroxyl groups excluding tert-OH is 1. The third-order valence-corrected chi connectivity index (χ3v) is 6.45. The molecule has 2 aliphatic rings. The molecule has 1 aromatic carbocycles. The summed E-state index contributed by atoms with van der Waals surface area (Å²) in [5.41, 5.74) is 2.27. The van der Waals surface area contributed by atoms with E-state index in [1.807, 2.05) is 18.7 Å². The lowest BCUT2D eigenvalue weighted by Crippen LogP contribution is -2.64. The van der Waals surface area contributed by atoms with Crippen LogP contribution in [0.25, 0.3) is 0 Å². The van der Waals surface area contributed by atoms with Crippen molar-refractivity contribution >= 4 is 5.91 Å². The third kappa shape index (κ3) is 3.75. The zero-order chi connectivity index (χ0) is 18.2. The summed E-state index contributed by atoms with van der Waals surface area (Å²) >= 11 is 0. The van der Waals surface area contributed by atoms with E-state index < -0.39 is 11.6 Å². The van der Waals surface area contributed by atoms with Crippen LogP contribution in [0.15, 0.2) is 24.3 Å². The van der Waals surface area contributed by atoms with E-state index in [0.717, 1.165) is 45.4 Å². The second-order valence-corrected chi connectivity index (χ2v) is 8.74. The molecule has 1 amide bonds. The summed E-state index contributed by atoms with van der Waals surface area (Å²) in [6, 6.07) is 8.77. The highest BCUT2D eigenvalue weighted by Gasteiger charge is 2.50. The van der Waals surface area contributed by atoms with Gasteiger partial charge in [-0.3, -0.25) is 9.69 Å². The molecule has 2 saturated heterocycles. The Bertz CT molecular complexity index is 615. The lowest BCUT2D eigenvalue weighted by molar-refractivity contribution is -0.157. The molecule has 4 heteroatoms. The molecule has 3 rings (SSSR count). The summed E-state index contributed by atoms with van der Waals surface area (Å²) in [6.45, 7) is 11.5. The Balaban J connectivity index is 1.64. The maximum Gasteiger partial charge on any atom is 0.219 e. The minimum atomic E-state index is -0.462. The van der Waals surface area contributed by atoms with Crippen LogP contribution >= 0.6 is 0 Å². The molecule has 1 N–H and O–H groups in total. The molecule has 4 nitrogen and oxygen atoms in total. The molecular formula is C21H32N2O2. The Kier molecular flexibility index (Phi) is 4.95. The van der Waals surface area contributed by atoms with Crippen LogP contribution in [0.1, 0.15) is 51.2 Å². The molecule has 1 atom stereocenters. The second-order valence-electron chi connectivity index (χ2n) is 8.74. The number of likely N-dealkylation sites (tertiary alicyclic amines) is 2. The smallest absolute Gasteiger partial charge is 0.219 e. The second kappa shape index (κ2) is 6.73. The van der Waals surface area contributed by atoms with E-state index in [1.54, 1.807) is 6.92 Å². The van der Waals surface area contributed by atoms with Gasteiger partial charge < -0.3 is 10.0 Å². The number of aliphatic hydroxyl groups is 1. The number of piperidine rings is 2. The fourth-order valence-corrected chi connectivity index (χ4v) is 4.46. The minimum Gasteiger partial charge on any atom is -0.391 e. The van der Waals surface area contributed by atoms with E-state index in [2.05, 4.69) is 36.1 Å². The highest BCUT2D eigenvalue weighted by molar-refractivity contribution is 5.74. The van der Waals surface area contributed by atoms with Crippen LogP contribution in [0, 0.1) is 12.3 Å². The first kappa shape index (κ1) is 18.4. The Morgan fingerprint density at radius 3 is 2.36 bits per heavy atom. The van der Waals surface area contributed by atoms with Crippen LogP contribution in [0.3, 0.4) is 0 Å². The van der Waals surface area contributed by atoms with Crippen molar-refractivity contribution in [2.75, 3.05) is 19.6 Å². The Hall–Kier alpha value is -1.39. The van der Waals surface area contributed by atoms with Gasteiger partial charge in [0.25, 0.3) is 0 Å². The van der Waals surface area contributed by atoms with E-state index in [-0.39, 0.29) is 11.3 Å². The predicted octanol–water partition coefficient (Wildman–Crippen LogP) is 2.97. The molecule has 1 spiro atoms. The molecule has 138 valence electrons. The molecule has 0 saturated carbocycles. The van der Waals surface area contributed by atoms with E-state index in [1.165, 1.54) is 11.1 Å². The minimum absolute atomic E-state index is 0.0738. The van der Waals surface area contributed by atoms with Crippen LogP contribution < -0.4 is 0 Å². The number of carbonyl (C=O) groups excluding carboxylic acids is 1. The first-order valence-electron chi connectivity index (χ1n) is 9.46. The topological polar surface area (TPSA) is 43.8 Å². The molecule has 2 heterocycles. The van der Waals surface area contributed by atoms with Gasteiger partial charge in [-0.05, 0) is 64.1 Å². The summed E-state index contributed by atoms with van der Waals surface area (Å²) in [5.74, 6) is 0.0743. The van der Waals surface area contributed by atoms with Gasteiger partial charge in [-0.2, -0.15) is 0 Å². The van der Waals surface area contributed by atoms with Crippen molar-refractivity contribution in [3.05, 3.63) is 35.4 Å². The molecule has 0 unspecified atom stereocenters. The fourth-order valence-electron chi connectivity index (χ4n) is 4.46. The largest absolute Gasteiger partial charge is 0.391 e. The highest BCUT2D eigenvalue weighted by Crippen LogP contribution is 2.45. The van der Waals surface area contributed by atoms with Crippen LogP contribution in [-0.2, 0) is 11.3 Å². The van der Waals surface area contributed by atoms with E-state index in [4.69, 9.17) is 0 Å². The van der Waals surface area contributed by atoms with Crippen LogP contribution in [0.5, 0.6) is 0 Å². The standard InChI is InChI=1S/C21H32N2O2/c1-16-5-7-18(8-6-16)14-22-11-9-21(10-12-22)13-19(25)20(3,4)23(15-21)17(2)24/h5-8,19,25H,9-15H2,1-4H3/t19-/m1/s1. The lowest BCUT2D eigenvalue weighted by atomic mass is 9.67. The lowest BCUT2D eigenvalue weighted by Gasteiger charge is -2.55. The maximum atomic E-state index is 12.1. The van der Waals surface area contributed by atoms with Crippen molar-refractivity contribution < 1.29 is 9.90 Å². The number of benzene rings is 1. The van der Waals surface area contributed by atoms with E-state index >= 15 is 0 Å². The van der Waals surface area contributed by atoms with Gasteiger partial charge in [-0.1, -0.05) is 29.8 Å². The van der Waals surface area contributed by atoms with Crippen molar-refractivity contribution in [3.8, 4) is 0 Å². The molecule has 1 aromatic rings. The maximum absolute atomic E-state index is 12.1. The summed E-state index contributed by atoms with van der Waals surface area (Å²) < 4.78 is 0. The molecule has 2 aliphatic heterocycles. The molecular weight excluding hydrogens is 312 g/mol. The first-order valence-corrected chi connectivity index (χ1v) is 9.46. The molecule has 0 aliphatic carbocycles. The summed E-state index contributed by atoms with van der Waals surface area (Å²) in [7, 11) is 0. The number of nitrogens with zero attached hydrogens (tertiary/aromatic N) is 2. The molecule has 2 fully saturated rings. The third-order valence-electron chi connectivity index (χ3n) is 6.45. The fraction of sp³-hybridized carbons (Fsp3) is 0.667.